The van der Waals surface area contributed by atoms with E-state index in [1.54, 1.807) is 0 Å². The molecular weight excluding hydrogens is 248 g/mol. The van der Waals surface area contributed by atoms with Crippen molar-refractivity contribution in [2.24, 2.45) is 0 Å². The highest BCUT2D eigenvalue weighted by Crippen LogP contribution is 2.29. The van der Waals surface area contributed by atoms with Gasteiger partial charge in [-0.15, -0.1) is 0 Å². The maximum absolute atomic E-state index is 4.66. The number of rotatable bonds is 10. The van der Waals surface area contributed by atoms with Crippen molar-refractivity contribution in [1.29, 1.82) is 0 Å². The van der Waals surface area contributed by atoms with Gasteiger partial charge in [-0.25, -0.2) is 4.98 Å². The van der Waals surface area contributed by atoms with Crippen LogP contribution in [0.15, 0.2) is 12.4 Å². The van der Waals surface area contributed by atoms with Gasteiger partial charge >= 0.3 is 0 Å². The Morgan fingerprint density at radius 3 is 2.00 bits per heavy atom. The molecule has 0 bridgehead atoms. The van der Waals surface area contributed by atoms with E-state index in [0.717, 1.165) is 6.42 Å². The number of unbranched alkanes of at least 4 members (excludes halogenated alkanes) is 1. The Labute approximate surface area is 120 Å². The zero-order valence-corrected chi connectivity index (χ0v) is 14.4. The van der Waals surface area contributed by atoms with Gasteiger partial charge in [0.1, 0.15) is 5.82 Å². The van der Waals surface area contributed by atoms with Gasteiger partial charge in [-0.05, 0) is 24.6 Å². The maximum atomic E-state index is 4.66. The molecule has 1 aromatic heterocycles. The second-order valence-electron chi connectivity index (χ2n) is 5.79. The predicted octanol–water partition coefficient (Wildman–Crippen LogP) is 5.25. The second-order valence-corrected chi connectivity index (χ2v) is 10.2. The molecular formula is C16H32N2Si. The number of hydrogen-bond donors (Lipinski definition) is 0. The van der Waals surface area contributed by atoms with E-state index in [9.17, 15) is 0 Å². The molecule has 0 amide bonds. The van der Waals surface area contributed by atoms with Crippen molar-refractivity contribution >= 4 is 8.24 Å². The van der Waals surface area contributed by atoms with Crippen LogP contribution in [0.3, 0.4) is 0 Å². The highest BCUT2D eigenvalue weighted by atomic mass is 28.3. The lowest BCUT2D eigenvalue weighted by atomic mass is 10.2. The average Bonchev–Trinajstić information content (AvgIpc) is 2.86. The van der Waals surface area contributed by atoms with Crippen LogP contribution in [0.2, 0.25) is 18.1 Å². The second kappa shape index (κ2) is 8.57. The topological polar surface area (TPSA) is 17.8 Å². The van der Waals surface area contributed by atoms with Gasteiger partial charge in [-0.2, -0.15) is 0 Å². The van der Waals surface area contributed by atoms with E-state index < -0.39 is 8.24 Å². The largest absolute Gasteiger partial charge is 0.362 e. The number of nitrogens with zero attached hydrogens (tertiary/aromatic N) is 2. The van der Waals surface area contributed by atoms with E-state index in [4.69, 9.17) is 0 Å². The minimum absolute atomic E-state index is 1.16. The molecule has 0 spiro atoms. The minimum Gasteiger partial charge on any atom is -0.362 e. The van der Waals surface area contributed by atoms with Crippen molar-refractivity contribution in [3.8, 4) is 0 Å². The molecule has 0 aromatic carbocycles. The monoisotopic (exact) mass is 280 g/mol. The van der Waals surface area contributed by atoms with E-state index in [1.807, 2.05) is 6.20 Å². The maximum Gasteiger partial charge on any atom is 0.163 e. The highest BCUT2D eigenvalue weighted by molar-refractivity contribution is 6.78. The van der Waals surface area contributed by atoms with E-state index in [2.05, 4.69) is 43.1 Å². The number of aryl methyl sites for hydroxylation is 1. The highest BCUT2D eigenvalue weighted by Gasteiger charge is 2.34. The van der Waals surface area contributed by atoms with Crippen LogP contribution in [0, 0.1) is 0 Å². The van der Waals surface area contributed by atoms with Crippen molar-refractivity contribution in [1.82, 2.24) is 9.22 Å². The molecule has 110 valence electrons. The van der Waals surface area contributed by atoms with Crippen LogP contribution in [-0.2, 0) is 6.42 Å². The summed E-state index contributed by atoms with van der Waals surface area (Å²) in [5, 5.41) is 0. The summed E-state index contributed by atoms with van der Waals surface area (Å²) in [6.07, 6.45) is 12.0. The summed E-state index contributed by atoms with van der Waals surface area (Å²) in [7, 11) is -1.36. The first-order valence-electron chi connectivity index (χ1n) is 8.26. The van der Waals surface area contributed by atoms with Crippen LogP contribution in [0.4, 0.5) is 0 Å². The SMILES string of the molecule is CCCCc1nccn1[Si](CCC)(CCC)CCC. The Morgan fingerprint density at radius 2 is 1.53 bits per heavy atom. The molecule has 0 saturated carbocycles. The van der Waals surface area contributed by atoms with E-state index >= 15 is 0 Å². The van der Waals surface area contributed by atoms with Crippen molar-refractivity contribution in [2.45, 2.75) is 84.4 Å². The van der Waals surface area contributed by atoms with Gasteiger partial charge in [-0.3, -0.25) is 0 Å². The summed E-state index contributed by atoms with van der Waals surface area (Å²) in [5.41, 5.74) is 0. The molecule has 19 heavy (non-hydrogen) atoms. The first-order valence-corrected chi connectivity index (χ1v) is 10.8. The van der Waals surface area contributed by atoms with Gasteiger partial charge in [0.05, 0.1) is 0 Å². The molecule has 0 N–H and O–H groups in total. The first kappa shape index (κ1) is 16.5. The molecule has 1 heterocycles. The molecule has 1 aromatic rings. The lowest BCUT2D eigenvalue weighted by Gasteiger charge is -2.34. The van der Waals surface area contributed by atoms with Gasteiger partial charge < -0.3 is 4.23 Å². The fourth-order valence-corrected chi connectivity index (χ4v) is 8.78. The Hall–Kier alpha value is -0.573. The molecule has 3 heteroatoms. The summed E-state index contributed by atoms with van der Waals surface area (Å²) in [5.74, 6) is 1.36. The van der Waals surface area contributed by atoms with Crippen molar-refractivity contribution in [3.05, 3.63) is 18.2 Å². The number of imidazole rings is 1. The van der Waals surface area contributed by atoms with Crippen LogP contribution in [-0.4, -0.2) is 17.5 Å². The average molecular weight is 281 g/mol. The summed E-state index contributed by atoms with van der Waals surface area (Å²) in [6.45, 7) is 9.29. The molecule has 1 rings (SSSR count). The molecule has 0 aliphatic carbocycles. The molecule has 0 atom stereocenters. The summed E-state index contributed by atoms with van der Waals surface area (Å²) >= 11 is 0. The molecule has 2 nitrogen and oxygen atoms in total. The summed E-state index contributed by atoms with van der Waals surface area (Å²) in [6, 6.07) is 4.26. The quantitative estimate of drug-likeness (QED) is 0.535. The fraction of sp³-hybridized carbons (Fsp3) is 0.812. The van der Waals surface area contributed by atoms with Crippen molar-refractivity contribution in [2.75, 3.05) is 0 Å². The smallest absolute Gasteiger partial charge is 0.163 e. The van der Waals surface area contributed by atoms with Crippen LogP contribution in [0.25, 0.3) is 0 Å². The predicted molar refractivity (Wildman–Crippen MR) is 87.3 cm³/mol. The third kappa shape index (κ3) is 4.20. The Balaban J connectivity index is 3.03. The third-order valence-corrected chi connectivity index (χ3v) is 9.85. The molecule has 0 fully saturated rings. The Bertz CT molecular complexity index is 329. The van der Waals surface area contributed by atoms with Crippen molar-refractivity contribution < 1.29 is 0 Å². The lowest BCUT2D eigenvalue weighted by molar-refractivity contribution is 0.735. The Morgan fingerprint density at radius 1 is 0.947 bits per heavy atom. The minimum atomic E-state index is -1.36. The summed E-state index contributed by atoms with van der Waals surface area (Å²) in [4.78, 5) is 4.66. The van der Waals surface area contributed by atoms with Gasteiger partial charge in [0.2, 0.25) is 0 Å². The number of aromatic nitrogens is 2. The number of hydrogen-bond acceptors (Lipinski definition) is 1. The standard InChI is InChI=1S/C16H32N2Si/c1-5-9-10-16-17-11-12-18(16)19(13-6-2,14-7-3)15-8-4/h11-12H,5-10,13-15H2,1-4H3. The zero-order chi connectivity index (χ0) is 14.1. The van der Waals surface area contributed by atoms with Crippen LogP contribution in [0.5, 0.6) is 0 Å². The third-order valence-electron chi connectivity index (χ3n) is 4.13. The van der Waals surface area contributed by atoms with E-state index in [0.29, 0.717) is 0 Å². The van der Waals surface area contributed by atoms with Gasteiger partial charge in [-0.1, -0.05) is 53.4 Å². The van der Waals surface area contributed by atoms with E-state index in [1.165, 1.54) is 56.1 Å². The lowest BCUT2D eigenvalue weighted by Crippen LogP contribution is -2.43. The Kier molecular flexibility index (Phi) is 7.43. The van der Waals surface area contributed by atoms with Gasteiger partial charge in [0.15, 0.2) is 8.24 Å². The fourth-order valence-electron chi connectivity index (χ4n) is 3.42. The molecule has 0 aliphatic heterocycles. The molecule has 0 aliphatic rings. The van der Waals surface area contributed by atoms with Gasteiger partial charge in [0.25, 0.3) is 0 Å². The normalized spacial score (nSPS) is 12.0. The first-order chi connectivity index (χ1) is 9.24. The van der Waals surface area contributed by atoms with Crippen LogP contribution >= 0.6 is 0 Å². The summed E-state index contributed by atoms with van der Waals surface area (Å²) < 4.78 is 2.67. The zero-order valence-electron chi connectivity index (χ0n) is 13.4. The molecule has 0 unspecified atom stereocenters. The van der Waals surface area contributed by atoms with Crippen molar-refractivity contribution in [3.63, 3.8) is 0 Å². The van der Waals surface area contributed by atoms with Crippen LogP contribution in [0.1, 0.15) is 65.6 Å². The molecule has 0 saturated heterocycles. The van der Waals surface area contributed by atoms with Crippen LogP contribution < -0.4 is 0 Å². The van der Waals surface area contributed by atoms with E-state index in [-0.39, 0.29) is 0 Å². The molecule has 0 radical (unpaired) electrons. The van der Waals surface area contributed by atoms with Gasteiger partial charge in [0, 0.05) is 18.8 Å².